The van der Waals surface area contributed by atoms with Crippen LogP contribution in [0.2, 0.25) is 0 Å². The van der Waals surface area contributed by atoms with Gasteiger partial charge in [-0.3, -0.25) is 0 Å². The summed E-state index contributed by atoms with van der Waals surface area (Å²) in [4.78, 5) is 4.58. The highest BCUT2D eigenvalue weighted by Crippen LogP contribution is 2.19. The van der Waals surface area contributed by atoms with E-state index < -0.39 is 0 Å². The second-order valence-electron chi connectivity index (χ2n) is 4.91. The fraction of sp³-hybridized carbons (Fsp3) is 0.357. The summed E-state index contributed by atoms with van der Waals surface area (Å²) in [5.41, 5.74) is 3.34. The van der Waals surface area contributed by atoms with Crippen LogP contribution < -0.4 is 0 Å². The Morgan fingerprint density at radius 2 is 2.10 bits per heavy atom. The van der Waals surface area contributed by atoms with E-state index >= 15 is 0 Å². The lowest BCUT2D eigenvalue weighted by molar-refractivity contribution is 0.645. The summed E-state index contributed by atoms with van der Waals surface area (Å²) >= 11 is 6.02. The second-order valence-corrected chi connectivity index (χ2v) is 5.18. The van der Waals surface area contributed by atoms with Gasteiger partial charge in [-0.2, -0.15) is 0 Å². The molecule has 3 rings (SSSR count). The summed E-state index contributed by atoms with van der Waals surface area (Å²) in [6.07, 6.45) is 2.52. The maximum Gasteiger partial charge on any atom is 0.134 e. The van der Waals surface area contributed by atoms with Crippen LogP contribution in [0.4, 0.5) is 0 Å². The van der Waals surface area contributed by atoms with Crippen molar-refractivity contribution >= 4 is 22.6 Å². The molecule has 0 unspecified atom stereocenters. The zero-order chi connectivity index (χ0) is 14.1. The van der Waals surface area contributed by atoms with Gasteiger partial charge in [0.2, 0.25) is 0 Å². The van der Waals surface area contributed by atoms with Crippen molar-refractivity contribution in [2.24, 2.45) is 7.05 Å². The maximum absolute atomic E-state index is 6.02. The first-order valence-electron chi connectivity index (χ1n) is 6.53. The lowest BCUT2D eigenvalue weighted by Crippen LogP contribution is -2.08. The number of hydrogen-bond acceptors (Lipinski definition) is 3. The normalized spacial score (nSPS) is 11.3. The van der Waals surface area contributed by atoms with E-state index in [4.69, 9.17) is 11.6 Å². The number of aryl methyl sites for hydroxylation is 4. The minimum atomic E-state index is 0.409. The van der Waals surface area contributed by atoms with Crippen molar-refractivity contribution in [3.63, 3.8) is 0 Å². The summed E-state index contributed by atoms with van der Waals surface area (Å²) in [5.74, 6) is 2.27. The Hall–Kier alpha value is -1.88. The van der Waals surface area contributed by atoms with Gasteiger partial charge in [-0.25, -0.2) is 4.98 Å². The van der Waals surface area contributed by atoms with Crippen molar-refractivity contribution < 1.29 is 0 Å². The van der Waals surface area contributed by atoms with Crippen LogP contribution in [0.1, 0.15) is 17.2 Å². The standard InChI is InChI=1S/C14H16ClN5/c1-10-3-4-11-12(7-10)20(14(8-15)17-11)6-5-13-18-16-9-19(13)2/h3-4,7,9H,5-6,8H2,1-2H3. The monoisotopic (exact) mass is 289 g/mol. The minimum absolute atomic E-state index is 0.409. The zero-order valence-electron chi connectivity index (χ0n) is 11.5. The lowest BCUT2D eigenvalue weighted by atomic mass is 10.2. The number of aromatic nitrogens is 5. The van der Waals surface area contributed by atoms with E-state index in [1.165, 1.54) is 5.56 Å². The van der Waals surface area contributed by atoms with E-state index in [-0.39, 0.29) is 0 Å². The van der Waals surface area contributed by atoms with Crippen molar-refractivity contribution in [1.29, 1.82) is 0 Å². The van der Waals surface area contributed by atoms with Gasteiger partial charge >= 0.3 is 0 Å². The van der Waals surface area contributed by atoms with E-state index in [9.17, 15) is 0 Å². The molecule has 0 amide bonds. The Kier molecular flexibility index (Phi) is 3.44. The van der Waals surface area contributed by atoms with Crippen LogP contribution in [0.15, 0.2) is 24.5 Å². The van der Waals surface area contributed by atoms with E-state index in [1.807, 2.05) is 17.7 Å². The molecule has 0 fully saturated rings. The maximum atomic E-state index is 6.02. The molecule has 2 heterocycles. The van der Waals surface area contributed by atoms with Gasteiger partial charge in [0.05, 0.1) is 16.9 Å². The fourth-order valence-corrected chi connectivity index (χ4v) is 2.58. The van der Waals surface area contributed by atoms with Gasteiger partial charge in [-0.1, -0.05) is 6.07 Å². The number of benzene rings is 1. The quantitative estimate of drug-likeness (QED) is 0.693. The van der Waals surface area contributed by atoms with Gasteiger partial charge in [0.1, 0.15) is 18.0 Å². The topological polar surface area (TPSA) is 48.5 Å². The van der Waals surface area contributed by atoms with Gasteiger partial charge in [0.25, 0.3) is 0 Å². The summed E-state index contributed by atoms with van der Waals surface area (Å²) in [7, 11) is 1.95. The molecule has 2 aromatic heterocycles. The lowest BCUT2D eigenvalue weighted by Gasteiger charge is -2.07. The molecular weight excluding hydrogens is 274 g/mol. The first-order valence-corrected chi connectivity index (χ1v) is 7.07. The molecule has 0 atom stereocenters. The van der Waals surface area contributed by atoms with Crippen LogP contribution in [0.5, 0.6) is 0 Å². The largest absolute Gasteiger partial charge is 0.327 e. The molecular formula is C14H16ClN5. The molecule has 0 radical (unpaired) electrons. The third-order valence-electron chi connectivity index (χ3n) is 3.47. The van der Waals surface area contributed by atoms with Crippen LogP contribution in [0.3, 0.4) is 0 Å². The second kappa shape index (κ2) is 5.25. The molecule has 0 saturated heterocycles. The van der Waals surface area contributed by atoms with Crippen molar-refractivity contribution in [1.82, 2.24) is 24.3 Å². The number of imidazole rings is 1. The average Bonchev–Trinajstić information content (AvgIpc) is 2.99. The fourth-order valence-electron chi connectivity index (χ4n) is 2.38. The molecule has 5 nitrogen and oxygen atoms in total. The predicted octanol–water partition coefficient (Wildman–Crippen LogP) is 2.45. The highest BCUT2D eigenvalue weighted by atomic mass is 35.5. The van der Waals surface area contributed by atoms with Crippen LogP contribution in [0.25, 0.3) is 11.0 Å². The van der Waals surface area contributed by atoms with Crippen molar-refractivity contribution in [3.05, 3.63) is 41.7 Å². The molecule has 0 saturated carbocycles. The van der Waals surface area contributed by atoms with E-state index in [0.717, 1.165) is 35.6 Å². The predicted molar refractivity (Wildman–Crippen MR) is 78.7 cm³/mol. The Morgan fingerprint density at radius 3 is 2.80 bits per heavy atom. The van der Waals surface area contributed by atoms with Gasteiger partial charge in [-0.05, 0) is 24.6 Å². The minimum Gasteiger partial charge on any atom is -0.327 e. The average molecular weight is 290 g/mol. The first kappa shape index (κ1) is 13.1. The van der Waals surface area contributed by atoms with Gasteiger partial charge in [0, 0.05) is 20.0 Å². The number of hydrogen-bond donors (Lipinski definition) is 0. The highest BCUT2D eigenvalue weighted by Gasteiger charge is 2.11. The SMILES string of the molecule is Cc1ccc2nc(CCl)n(CCc3nncn3C)c2c1. The Labute approximate surface area is 122 Å². The van der Waals surface area contributed by atoms with Crippen LogP contribution in [-0.4, -0.2) is 24.3 Å². The molecule has 3 aromatic rings. The molecule has 0 aliphatic carbocycles. The number of halogens is 1. The Bertz CT molecular complexity index is 743. The molecule has 0 spiro atoms. The van der Waals surface area contributed by atoms with Gasteiger partial charge in [-0.15, -0.1) is 21.8 Å². The Balaban J connectivity index is 1.97. The molecule has 0 bridgehead atoms. The number of nitrogens with zero attached hydrogens (tertiary/aromatic N) is 5. The van der Waals surface area contributed by atoms with Crippen molar-refractivity contribution in [3.8, 4) is 0 Å². The molecule has 0 aliphatic heterocycles. The number of rotatable bonds is 4. The molecule has 6 heteroatoms. The summed E-state index contributed by atoms with van der Waals surface area (Å²) < 4.78 is 4.11. The van der Waals surface area contributed by atoms with E-state index in [2.05, 4.69) is 38.8 Å². The third-order valence-corrected chi connectivity index (χ3v) is 3.71. The van der Waals surface area contributed by atoms with Gasteiger partial charge < -0.3 is 9.13 Å². The van der Waals surface area contributed by atoms with Crippen LogP contribution in [-0.2, 0) is 25.9 Å². The highest BCUT2D eigenvalue weighted by molar-refractivity contribution is 6.16. The third kappa shape index (κ3) is 2.29. The smallest absolute Gasteiger partial charge is 0.134 e. The summed E-state index contributed by atoms with van der Waals surface area (Å²) in [5, 5.41) is 8.02. The molecule has 0 aliphatic rings. The molecule has 1 aromatic carbocycles. The number of fused-ring (bicyclic) bond motifs is 1. The molecule has 104 valence electrons. The first-order chi connectivity index (χ1) is 9.69. The summed E-state index contributed by atoms with van der Waals surface area (Å²) in [6.45, 7) is 2.88. The molecule has 20 heavy (non-hydrogen) atoms. The Morgan fingerprint density at radius 1 is 1.25 bits per heavy atom. The van der Waals surface area contributed by atoms with Crippen molar-refractivity contribution in [2.45, 2.75) is 25.8 Å². The van der Waals surface area contributed by atoms with Crippen molar-refractivity contribution in [2.75, 3.05) is 0 Å². The number of alkyl halides is 1. The van der Waals surface area contributed by atoms with Crippen LogP contribution in [0, 0.1) is 6.92 Å². The van der Waals surface area contributed by atoms with E-state index in [1.54, 1.807) is 6.33 Å². The van der Waals surface area contributed by atoms with E-state index in [0.29, 0.717) is 5.88 Å². The van der Waals surface area contributed by atoms with Crippen LogP contribution >= 0.6 is 11.6 Å². The van der Waals surface area contributed by atoms with Gasteiger partial charge in [0.15, 0.2) is 0 Å². The zero-order valence-corrected chi connectivity index (χ0v) is 12.3. The summed E-state index contributed by atoms with van der Waals surface area (Å²) in [6, 6.07) is 6.26. The molecule has 0 N–H and O–H groups in total.